The van der Waals surface area contributed by atoms with Gasteiger partial charge in [-0.2, -0.15) is 5.10 Å². The number of cyclic esters (lactones) is 1. The van der Waals surface area contributed by atoms with Gasteiger partial charge in [0.2, 0.25) is 0 Å². The second kappa shape index (κ2) is 8.86. The summed E-state index contributed by atoms with van der Waals surface area (Å²) >= 11 is 0. The van der Waals surface area contributed by atoms with E-state index in [1.807, 2.05) is 54.0 Å². The summed E-state index contributed by atoms with van der Waals surface area (Å²) in [5.74, 6) is 0. The van der Waals surface area contributed by atoms with Gasteiger partial charge in [-0.15, -0.1) is 0 Å². The highest BCUT2D eigenvalue weighted by Gasteiger charge is 2.46. The molecule has 1 fully saturated rings. The van der Waals surface area contributed by atoms with Crippen molar-refractivity contribution in [1.82, 2.24) is 14.5 Å². The predicted octanol–water partition coefficient (Wildman–Crippen LogP) is 5.96. The van der Waals surface area contributed by atoms with E-state index in [1.54, 1.807) is 24.9 Å². The summed E-state index contributed by atoms with van der Waals surface area (Å²) in [6, 6.07) is 24.0. The molecular formula is C29H31N3O3. The first kappa shape index (κ1) is 23.1. The number of aromatic nitrogens is 2. The average Bonchev–Trinajstić information content (AvgIpc) is 3.31. The maximum atomic E-state index is 13.3. The molecule has 1 aliphatic heterocycles. The Morgan fingerprint density at radius 2 is 1.74 bits per heavy atom. The lowest BCUT2D eigenvalue weighted by molar-refractivity contribution is -0.101. The molecule has 2 atom stereocenters. The SMILES string of the molecule is C[C@@H](c1ccc(-c2ccc3ccnn3c2)cc1)N1CC[C@](CC(C)(C)O)(c2ccccc2)OC1=O. The number of fused-ring (bicyclic) bond motifs is 1. The number of amides is 1. The molecule has 1 N–H and O–H groups in total. The first-order valence-corrected chi connectivity index (χ1v) is 12.1. The van der Waals surface area contributed by atoms with Gasteiger partial charge >= 0.3 is 6.09 Å². The van der Waals surface area contributed by atoms with Gasteiger partial charge < -0.3 is 14.7 Å². The molecule has 2 aromatic carbocycles. The second-order valence-corrected chi connectivity index (χ2v) is 10.1. The first-order valence-electron chi connectivity index (χ1n) is 12.1. The third-order valence-electron chi connectivity index (χ3n) is 6.88. The fourth-order valence-electron chi connectivity index (χ4n) is 5.11. The lowest BCUT2D eigenvalue weighted by Gasteiger charge is -2.45. The predicted molar refractivity (Wildman–Crippen MR) is 136 cm³/mol. The molecule has 0 radical (unpaired) electrons. The summed E-state index contributed by atoms with van der Waals surface area (Å²) in [7, 11) is 0. The third kappa shape index (κ3) is 4.66. The van der Waals surface area contributed by atoms with Gasteiger partial charge in [-0.1, -0.05) is 60.7 Å². The highest BCUT2D eigenvalue weighted by atomic mass is 16.6. The van der Waals surface area contributed by atoms with Crippen LogP contribution in [-0.4, -0.2) is 37.9 Å². The molecule has 4 aromatic rings. The van der Waals surface area contributed by atoms with Gasteiger partial charge in [0, 0.05) is 37.3 Å². The van der Waals surface area contributed by atoms with Crippen LogP contribution in [0.3, 0.4) is 0 Å². The molecule has 6 nitrogen and oxygen atoms in total. The first-order chi connectivity index (χ1) is 16.7. The zero-order chi connectivity index (χ0) is 24.6. The summed E-state index contributed by atoms with van der Waals surface area (Å²) in [5.41, 5.74) is 3.37. The van der Waals surface area contributed by atoms with Crippen molar-refractivity contribution < 1.29 is 14.6 Å². The lowest BCUT2D eigenvalue weighted by atomic mass is 9.80. The van der Waals surface area contributed by atoms with E-state index in [1.165, 1.54) is 0 Å². The summed E-state index contributed by atoms with van der Waals surface area (Å²) < 4.78 is 8.00. The van der Waals surface area contributed by atoms with E-state index in [-0.39, 0.29) is 12.1 Å². The molecule has 0 spiro atoms. The van der Waals surface area contributed by atoms with Gasteiger partial charge in [0.05, 0.1) is 17.2 Å². The van der Waals surface area contributed by atoms with Crippen molar-refractivity contribution in [3.05, 3.63) is 96.3 Å². The van der Waals surface area contributed by atoms with Gasteiger partial charge in [-0.3, -0.25) is 0 Å². The molecule has 0 saturated carbocycles. The number of rotatable bonds is 6. The lowest BCUT2D eigenvalue weighted by Crippen LogP contribution is -2.51. The van der Waals surface area contributed by atoms with Crippen molar-refractivity contribution >= 4 is 11.6 Å². The van der Waals surface area contributed by atoms with Gasteiger partial charge in [-0.05, 0) is 49.6 Å². The van der Waals surface area contributed by atoms with Crippen LogP contribution in [0.2, 0.25) is 0 Å². The molecule has 35 heavy (non-hydrogen) atoms. The van der Waals surface area contributed by atoms with Crippen LogP contribution in [-0.2, 0) is 10.3 Å². The third-order valence-corrected chi connectivity index (χ3v) is 6.88. The number of pyridine rings is 1. The zero-order valence-corrected chi connectivity index (χ0v) is 20.4. The highest BCUT2D eigenvalue weighted by molar-refractivity contribution is 5.70. The molecule has 180 valence electrons. The minimum absolute atomic E-state index is 0.138. The molecule has 1 amide bonds. The second-order valence-electron chi connectivity index (χ2n) is 10.1. The molecule has 3 heterocycles. The van der Waals surface area contributed by atoms with Crippen molar-refractivity contribution in [2.75, 3.05) is 6.54 Å². The monoisotopic (exact) mass is 469 g/mol. The number of ether oxygens (including phenoxy) is 1. The Balaban J connectivity index is 1.35. The van der Waals surface area contributed by atoms with Crippen LogP contribution in [0.4, 0.5) is 4.79 Å². The normalized spacial score (nSPS) is 19.5. The minimum Gasteiger partial charge on any atom is -0.438 e. The van der Waals surface area contributed by atoms with Crippen LogP contribution in [0.15, 0.2) is 85.2 Å². The molecule has 2 aromatic heterocycles. The Bertz CT molecular complexity index is 1320. The fraction of sp³-hybridized carbons (Fsp3) is 0.310. The molecule has 0 aliphatic carbocycles. The van der Waals surface area contributed by atoms with Crippen LogP contribution in [0, 0.1) is 0 Å². The fourth-order valence-corrected chi connectivity index (χ4v) is 5.11. The van der Waals surface area contributed by atoms with E-state index in [0.717, 1.165) is 27.8 Å². The topological polar surface area (TPSA) is 67.1 Å². The van der Waals surface area contributed by atoms with Crippen LogP contribution >= 0.6 is 0 Å². The maximum Gasteiger partial charge on any atom is 0.411 e. The quantitative estimate of drug-likeness (QED) is 0.378. The average molecular weight is 470 g/mol. The standard InChI is InChI=1S/C29H31N3O3/c1-21(22-9-11-23(12-10-22)24-13-14-26-15-17-30-32(26)19-24)31-18-16-29(35-27(31)33,20-28(2,3)34)25-7-5-4-6-8-25/h4-15,17,19,21,34H,16,18,20H2,1-3H3/t21-,29-/m0/s1. The number of benzene rings is 2. The largest absolute Gasteiger partial charge is 0.438 e. The van der Waals surface area contributed by atoms with Crippen LogP contribution in [0.1, 0.15) is 50.8 Å². The van der Waals surface area contributed by atoms with E-state index in [0.29, 0.717) is 19.4 Å². The Morgan fingerprint density at radius 3 is 2.43 bits per heavy atom. The highest BCUT2D eigenvalue weighted by Crippen LogP contribution is 2.42. The van der Waals surface area contributed by atoms with E-state index in [4.69, 9.17) is 4.74 Å². The number of aliphatic hydroxyl groups is 1. The van der Waals surface area contributed by atoms with Crippen molar-refractivity contribution in [2.45, 2.75) is 50.9 Å². The molecule has 0 unspecified atom stereocenters. The summed E-state index contributed by atoms with van der Waals surface area (Å²) in [5, 5.41) is 14.9. The van der Waals surface area contributed by atoms with Gasteiger partial charge in [0.1, 0.15) is 5.60 Å². The van der Waals surface area contributed by atoms with Crippen molar-refractivity contribution in [3.63, 3.8) is 0 Å². The van der Waals surface area contributed by atoms with Gasteiger partial charge in [0.25, 0.3) is 0 Å². The van der Waals surface area contributed by atoms with Crippen LogP contribution in [0.25, 0.3) is 16.6 Å². The molecule has 1 aliphatic rings. The molecular weight excluding hydrogens is 438 g/mol. The van der Waals surface area contributed by atoms with E-state index in [9.17, 15) is 9.90 Å². The number of carbonyl (C=O) groups excluding carboxylic acids is 1. The number of hydrogen-bond donors (Lipinski definition) is 1. The Kier molecular flexibility index (Phi) is 5.85. The molecule has 1 saturated heterocycles. The van der Waals surface area contributed by atoms with E-state index >= 15 is 0 Å². The summed E-state index contributed by atoms with van der Waals surface area (Å²) in [4.78, 5) is 15.1. The number of carbonyl (C=O) groups is 1. The van der Waals surface area contributed by atoms with E-state index in [2.05, 4.69) is 41.5 Å². The van der Waals surface area contributed by atoms with Crippen LogP contribution in [0.5, 0.6) is 0 Å². The van der Waals surface area contributed by atoms with E-state index < -0.39 is 11.2 Å². The zero-order valence-electron chi connectivity index (χ0n) is 20.4. The Labute approximate surface area is 205 Å². The van der Waals surface area contributed by atoms with Gasteiger partial charge in [-0.25, -0.2) is 9.31 Å². The smallest absolute Gasteiger partial charge is 0.411 e. The molecule has 5 rings (SSSR count). The summed E-state index contributed by atoms with van der Waals surface area (Å²) in [6.45, 7) is 6.08. The molecule has 0 bridgehead atoms. The Hall–Kier alpha value is -3.64. The van der Waals surface area contributed by atoms with Crippen molar-refractivity contribution in [2.24, 2.45) is 0 Å². The number of hydrogen-bond acceptors (Lipinski definition) is 4. The van der Waals surface area contributed by atoms with Gasteiger partial charge in [0.15, 0.2) is 0 Å². The summed E-state index contributed by atoms with van der Waals surface area (Å²) in [6.07, 6.45) is 4.40. The maximum absolute atomic E-state index is 13.3. The minimum atomic E-state index is -0.973. The van der Waals surface area contributed by atoms with Crippen molar-refractivity contribution in [1.29, 1.82) is 0 Å². The number of nitrogens with zero attached hydrogens (tertiary/aromatic N) is 3. The Morgan fingerprint density at radius 1 is 1.03 bits per heavy atom. The van der Waals surface area contributed by atoms with Crippen molar-refractivity contribution in [3.8, 4) is 11.1 Å². The van der Waals surface area contributed by atoms with Crippen LogP contribution < -0.4 is 0 Å². The molecule has 6 heteroatoms.